The maximum absolute atomic E-state index is 12.4. The first kappa shape index (κ1) is 16.8. The standard InChI is InChI=1S/C16H13N3O2S3/c20-14(18-11-3-1-6-17-10-11)5-7-19-15(21)13(24-16(19)22)9-12-4-2-8-23-12/h1-4,6,8-10H,5,7H2,(H,18,20)/b13-9-. The Kier molecular flexibility index (Phi) is 5.39. The van der Waals surface area contributed by atoms with Crippen LogP contribution < -0.4 is 5.32 Å². The van der Waals surface area contributed by atoms with E-state index >= 15 is 0 Å². The predicted octanol–water partition coefficient (Wildman–Crippen LogP) is 3.37. The number of hydrogen-bond donors (Lipinski definition) is 1. The fourth-order valence-corrected chi connectivity index (χ4v) is 4.10. The summed E-state index contributed by atoms with van der Waals surface area (Å²) in [5.41, 5.74) is 0.630. The summed E-state index contributed by atoms with van der Waals surface area (Å²) < 4.78 is 0.483. The highest BCUT2D eigenvalue weighted by Gasteiger charge is 2.32. The first-order chi connectivity index (χ1) is 11.6. The number of amides is 2. The minimum Gasteiger partial charge on any atom is -0.325 e. The Bertz CT molecular complexity index is 788. The molecule has 1 aliphatic heterocycles. The van der Waals surface area contributed by atoms with Crippen molar-refractivity contribution in [3.05, 3.63) is 51.8 Å². The lowest BCUT2D eigenvalue weighted by Crippen LogP contribution is -2.31. The minimum atomic E-state index is -0.181. The molecule has 1 aliphatic rings. The van der Waals surface area contributed by atoms with Crippen molar-refractivity contribution in [1.29, 1.82) is 0 Å². The Labute approximate surface area is 152 Å². The number of thiocarbonyl (C=S) groups is 1. The van der Waals surface area contributed by atoms with Crippen LogP contribution in [0.5, 0.6) is 0 Å². The fourth-order valence-electron chi connectivity index (χ4n) is 2.07. The molecule has 122 valence electrons. The molecule has 8 heteroatoms. The van der Waals surface area contributed by atoms with Crippen molar-refractivity contribution >= 4 is 63.2 Å². The number of nitrogens with one attached hydrogen (secondary N) is 1. The molecule has 0 aliphatic carbocycles. The van der Waals surface area contributed by atoms with E-state index in [0.29, 0.717) is 14.9 Å². The number of carbonyl (C=O) groups is 2. The number of aromatic nitrogens is 1. The zero-order chi connectivity index (χ0) is 16.9. The molecule has 2 aromatic rings. The van der Waals surface area contributed by atoms with Crippen molar-refractivity contribution in [1.82, 2.24) is 9.88 Å². The van der Waals surface area contributed by atoms with Crippen LogP contribution in [0.1, 0.15) is 11.3 Å². The molecule has 0 aromatic carbocycles. The molecule has 1 N–H and O–H groups in total. The zero-order valence-electron chi connectivity index (χ0n) is 12.5. The molecule has 0 atom stereocenters. The van der Waals surface area contributed by atoms with Gasteiger partial charge in [0.05, 0.1) is 16.8 Å². The van der Waals surface area contributed by atoms with Gasteiger partial charge in [-0.15, -0.1) is 11.3 Å². The SMILES string of the molecule is O=C(CCN1C(=O)/C(=C/c2cccs2)SC1=S)Nc1cccnc1. The highest BCUT2D eigenvalue weighted by molar-refractivity contribution is 8.26. The molecule has 24 heavy (non-hydrogen) atoms. The molecular formula is C16H13N3O2S3. The molecule has 3 heterocycles. The van der Waals surface area contributed by atoms with E-state index in [4.69, 9.17) is 12.2 Å². The summed E-state index contributed by atoms with van der Waals surface area (Å²) in [6, 6.07) is 7.37. The zero-order valence-corrected chi connectivity index (χ0v) is 14.9. The third-order valence-corrected chi connectivity index (χ3v) is 5.39. The van der Waals surface area contributed by atoms with Gasteiger partial charge in [-0.1, -0.05) is 30.0 Å². The van der Waals surface area contributed by atoms with Gasteiger partial charge >= 0.3 is 0 Å². The second-order valence-electron chi connectivity index (χ2n) is 4.89. The number of hydrogen-bond acceptors (Lipinski definition) is 6. The van der Waals surface area contributed by atoms with E-state index in [9.17, 15) is 9.59 Å². The van der Waals surface area contributed by atoms with Crippen LogP contribution in [0, 0.1) is 0 Å². The monoisotopic (exact) mass is 375 g/mol. The molecule has 2 amide bonds. The Hall–Kier alpha value is -2.03. The highest BCUT2D eigenvalue weighted by Crippen LogP contribution is 2.33. The summed E-state index contributed by atoms with van der Waals surface area (Å²) in [4.78, 5) is 31.4. The van der Waals surface area contributed by atoms with Gasteiger partial charge in [0.2, 0.25) is 5.91 Å². The smallest absolute Gasteiger partial charge is 0.266 e. The first-order valence-corrected chi connectivity index (χ1v) is 9.22. The van der Waals surface area contributed by atoms with Gasteiger partial charge in [-0.2, -0.15) is 0 Å². The number of nitrogens with zero attached hydrogens (tertiary/aromatic N) is 2. The van der Waals surface area contributed by atoms with Gasteiger partial charge in [0.15, 0.2) is 0 Å². The highest BCUT2D eigenvalue weighted by atomic mass is 32.2. The Morgan fingerprint density at radius 1 is 1.38 bits per heavy atom. The molecule has 0 unspecified atom stereocenters. The number of thioether (sulfide) groups is 1. The molecule has 0 saturated carbocycles. The molecule has 0 radical (unpaired) electrons. The van der Waals surface area contributed by atoms with Crippen LogP contribution >= 0.6 is 35.3 Å². The van der Waals surface area contributed by atoms with Crippen LogP contribution in [0.2, 0.25) is 0 Å². The van der Waals surface area contributed by atoms with Gasteiger partial charge in [0.25, 0.3) is 5.91 Å². The number of thiophene rings is 1. The summed E-state index contributed by atoms with van der Waals surface area (Å²) in [7, 11) is 0. The summed E-state index contributed by atoms with van der Waals surface area (Å²) in [6.45, 7) is 0.262. The average Bonchev–Trinajstić information content (AvgIpc) is 3.16. The van der Waals surface area contributed by atoms with E-state index in [1.807, 2.05) is 23.6 Å². The molecular weight excluding hydrogens is 362 g/mol. The van der Waals surface area contributed by atoms with Crippen LogP contribution in [0.25, 0.3) is 6.08 Å². The van der Waals surface area contributed by atoms with Crippen molar-refractivity contribution in [2.24, 2.45) is 0 Å². The van der Waals surface area contributed by atoms with Gasteiger partial charge in [-0.25, -0.2) is 0 Å². The molecule has 3 rings (SSSR count). The van der Waals surface area contributed by atoms with Crippen molar-refractivity contribution in [2.45, 2.75) is 6.42 Å². The molecule has 2 aromatic heterocycles. The van der Waals surface area contributed by atoms with Gasteiger partial charge in [-0.05, 0) is 29.7 Å². The van der Waals surface area contributed by atoms with E-state index in [1.165, 1.54) is 16.7 Å². The van der Waals surface area contributed by atoms with Gasteiger partial charge in [0, 0.05) is 24.0 Å². The van der Waals surface area contributed by atoms with E-state index < -0.39 is 0 Å². The van der Waals surface area contributed by atoms with Crippen LogP contribution in [0.4, 0.5) is 5.69 Å². The largest absolute Gasteiger partial charge is 0.325 e. The van der Waals surface area contributed by atoms with Gasteiger partial charge in [-0.3, -0.25) is 19.5 Å². The quantitative estimate of drug-likeness (QED) is 0.641. The minimum absolute atomic E-state index is 0.146. The molecule has 1 saturated heterocycles. The number of anilines is 1. The normalized spacial score (nSPS) is 16.0. The molecule has 5 nitrogen and oxygen atoms in total. The van der Waals surface area contributed by atoms with Crippen molar-refractivity contribution in [3.63, 3.8) is 0 Å². The third kappa shape index (κ3) is 4.08. The fraction of sp³-hybridized carbons (Fsp3) is 0.125. The third-order valence-electron chi connectivity index (χ3n) is 3.20. The lowest BCUT2D eigenvalue weighted by atomic mass is 10.3. The Balaban J connectivity index is 1.58. The summed E-state index contributed by atoms with van der Waals surface area (Å²) in [5, 5.41) is 4.69. The Morgan fingerprint density at radius 2 is 2.25 bits per heavy atom. The topological polar surface area (TPSA) is 62.3 Å². The van der Waals surface area contributed by atoms with Crippen molar-refractivity contribution in [2.75, 3.05) is 11.9 Å². The van der Waals surface area contributed by atoms with Crippen LogP contribution in [0.15, 0.2) is 46.9 Å². The second-order valence-corrected chi connectivity index (χ2v) is 7.54. The molecule has 1 fully saturated rings. The van der Waals surface area contributed by atoms with Gasteiger partial charge < -0.3 is 5.32 Å². The Morgan fingerprint density at radius 3 is 2.96 bits per heavy atom. The molecule has 0 spiro atoms. The summed E-state index contributed by atoms with van der Waals surface area (Å²) in [6.07, 6.45) is 5.21. The van der Waals surface area contributed by atoms with E-state index in [0.717, 1.165) is 4.88 Å². The predicted molar refractivity (Wildman–Crippen MR) is 102 cm³/mol. The van der Waals surface area contributed by atoms with Gasteiger partial charge in [0.1, 0.15) is 4.32 Å². The van der Waals surface area contributed by atoms with E-state index in [1.54, 1.807) is 35.9 Å². The number of carbonyl (C=O) groups excluding carboxylic acids is 2. The van der Waals surface area contributed by atoms with E-state index in [2.05, 4.69) is 10.3 Å². The van der Waals surface area contributed by atoms with Crippen LogP contribution in [-0.4, -0.2) is 32.6 Å². The van der Waals surface area contributed by atoms with Crippen LogP contribution in [0.3, 0.4) is 0 Å². The number of rotatable bonds is 5. The number of pyridine rings is 1. The van der Waals surface area contributed by atoms with Crippen molar-refractivity contribution in [3.8, 4) is 0 Å². The maximum atomic E-state index is 12.4. The first-order valence-electron chi connectivity index (χ1n) is 7.12. The summed E-state index contributed by atoms with van der Waals surface area (Å²) in [5.74, 6) is -0.327. The lowest BCUT2D eigenvalue weighted by molar-refractivity contribution is -0.122. The lowest BCUT2D eigenvalue weighted by Gasteiger charge is -2.14. The summed E-state index contributed by atoms with van der Waals surface area (Å²) >= 11 is 8.09. The second kappa shape index (κ2) is 7.69. The van der Waals surface area contributed by atoms with Crippen molar-refractivity contribution < 1.29 is 9.59 Å². The molecule has 0 bridgehead atoms. The van der Waals surface area contributed by atoms with Crippen LogP contribution in [-0.2, 0) is 9.59 Å². The maximum Gasteiger partial charge on any atom is 0.266 e. The average molecular weight is 376 g/mol. The van der Waals surface area contributed by atoms with E-state index in [-0.39, 0.29) is 24.8 Å².